The van der Waals surface area contributed by atoms with Crippen LogP contribution in [0.25, 0.3) is 21.5 Å². The van der Waals surface area contributed by atoms with E-state index in [1.807, 2.05) is 48.5 Å². The van der Waals surface area contributed by atoms with E-state index in [2.05, 4.69) is 20.5 Å². The first-order chi connectivity index (χ1) is 14.2. The van der Waals surface area contributed by atoms with Gasteiger partial charge in [-0.3, -0.25) is 4.79 Å². The van der Waals surface area contributed by atoms with Gasteiger partial charge in [0.25, 0.3) is 0 Å². The molecule has 0 aliphatic heterocycles. The monoisotopic (exact) mass is 532 g/mol. The van der Waals surface area contributed by atoms with Crippen LogP contribution in [0.15, 0.2) is 83.3 Å². The summed E-state index contributed by atoms with van der Waals surface area (Å²) in [5.74, 6) is 0.352. The van der Waals surface area contributed by atoms with Crippen LogP contribution >= 0.6 is 23.8 Å². The Labute approximate surface area is 238 Å². The standard InChI is InChI=1S/C12H9BrO2.C10H9O4P.2Na/c1-8(14)15-12-5-3-9-6-11(13)4-2-10(9)7-12;11-15(12,13)14-10-7-3-5-8-4-1-2-6-9(8)10;;/h2-7H,1H3;1-7H,(H2,11,12,13);;/q;;2*+1/p-2. The first-order valence-electron chi connectivity index (χ1n) is 8.78. The number of halogens is 1. The Bertz CT molecular complexity index is 1260. The minimum Gasteiger partial charge on any atom is -0.780 e. The summed E-state index contributed by atoms with van der Waals surface area (Å²) in [5, 5.41) is 3.59. The number of rotatable bonds is 3. The van der Waals surface area contributed by atoms with Crippen molar-refractivity contribution < 1.29 is 87.5 Å². The van der Waals surface area contributed by atoms with E-state index in [1.165, 1.54) is 13.0 Å². The van der Waals surface area contributed by atoms with E-state index in [-0.39, 0.29) is 70.8 Å². The van der Waals surface area contributed by atoms with Crippen LogP contribution in [0.2, 0.25) is 0 Å². The van der Waals surface area contributed by atoms with Gasteiger partial charge >= 0.3 is 65.1 Å². The van der Waals surface area contributed by atoms with Crippen LogP contribution in [0.1, 0.15) is 6.92 Å². The second-order valence-electron chi connectivity index (χ2n) is 6.26. The van der Waals surface area contributed by atoms with E-state index < -0.39 is 7.82 Å². The zero-order valence-electron chi connectivity index (χ0n) is 17.8. The molecule has 4 aromatic rings. The fraction of sp³-hybridized carbons (Fsp3) is 0.0455. The molecule has 0 atom stereocenters. The summed E-state index contributed by atoms with van der Waals surface area (Å²) in [6, 6.07) is 23.5. The van der Waals surface area contributed by atoms with E-state index in [1.54, 1.807) is 24.3 Å². The first-order valence-corrected chi connectivity index (χ1v) is 11.0. The van der Waals surface area contributed by atoms with E-state index in [0.29, 0.717) is 11.1 Å². The minimum absolute atomic E-state index is 0. The Morgan fingerprint density at radius 2 is 1.47 bits per heavy atom. The topological polar surface area (TPSA) is 98.7 Å². The molecule has 154 valence electrons. The number of ether oxygens (including phenoxy) is 1. The number of phosphoric acid groups is 1. The molecule has 0 fully saturated rings. The molecule has 0 aliphatic carbocycles. The number of hydrogen-bond acceptors (Lipinski definition) is 6. The number of carbonyl (C=O) groups excluding carboxylic acids is 1. The van der Waals surface area contributed by atoms with Gasteiger partial charge < -0.3 is 23.6 Å². The van der Waals surface area contributed by atoms with Gasteiger partial charge in [-0.15, -0.1) is 0 Å². The van der Waals surface area contributed by atoms with E-state index in [9.17, 15) is 19.1 Å². The van der Waals surface area contributed by atoms with Gasteiger partial charge in [-0.2, -0.15) is 0 Å². The molecule has 0 aliphatic rings. The molecule has 0 saturated carbocycles. The van der Waals surface area contributed by atoms with E-state index in [0.717, 1.165) is 20.6 Å². The Kier molecular flexibility index (Phi) is 12.1. The van der Waals surface area contributed by atoms with Crippen LogP contribution in [0, 0.1) is 0 Å². The van der Waals surface area contributed by atoms with Crippen molar-refractivity contribution in [2.75, 3.05) is 0 Å². The second kappa shape index (κ2) is 13.3. The Balaban J connectivity index is 0.000000301. The third kappa shape index (κ3) is 8.92. The van der Waals surface area contributed by atoms with Crippen molar-refractivity contribution in [2.24, 2.45) is 0 Å². The molecule has 0 aromatic heterocycles. The Morgan fingerprint density at radius 1 is 0.844 bits per heavy atom. The predicted octanol–water partition coefficient (Wildman–Crippen LogP) is -1.42. The molecule has 0 saturated heterocycles. The zero-order valence-corrected chi connectivity index (χ0v) is 24.3. The summed E-state index contributed by atoms with van der Waals surface area (Å²) in [5.41, 5.74) is 0. The third-order valence-electron chi connectivity index (χ3n) is 4.00. The van der Waals surface area contributed by atoms with Crippen LogP contribution in [-0.2, 0) is 9.36 Å². The van der Waals surface area contributed by atoms with Gasteiger partial charge in [0.15, 0.2) is 0 Å². The molecule has 32 heavy (non-hydrogen) atoms. The Hall–Kier alpha value is -0.700. The third-order valence-corrected chi connectivity index (χ3v) is 4.91. The smallest absolute Gasteiger partial charge is 0.780 e. The molecule has 0 radical (unpaired) electrons. The van der Waals surface area contributed by atoms with E-state index in [4.69, 9.17) is 4.74 Å². The normalized spacial score (nSPS) is 10.2. The predicted molar refractivity (Wildman–Crippen MR) is 115 cm³/mol. The molecular weight excluding hydrogens is 517 g/mol. The van der Waals surface area contributed by atoms with E-state index >= 15 is 0 Å². The number of hydrogen-bond donors (Lipinski definition) is 0. The van der Waals surface area contributed by atoms with Crippen molar-refractivity contribution >= 4 is 51.3 Å². The summed E-state index contributed by atoms with van der Waals surface area (Å²) in [7, 11) is -4.99. The number of esters is 1. The number of phosphoric ester groups is 1. The number of carbonyl (C=O) groups is 1. The van der Waals surface area contributed by atoms with Gasteiger partial charge in [0.1, 0.15) is 19.3 Å². The maximum absolute atomic E-state index is 10.8. The van der Waals surface area contributed by atoms with Crippen LogP contribution in [0.3, 0.4) is 0 Å². The summed E-state index contributed by atoms with van der Waals surface area (Å²) in [6.45, 7) is 1.39. The molecule has 0 N–H and O–H groups in total. The molecule has 6 nitrogen and oxygen atoms in total. The molecule has 0 bridgehead atoms. The first kappa shape index (κ1) is 29.3. The number of fused-ring (bicyclic) bond motifs is 2. The molecule has 0 heterocycles. The fourth-order valence-corrected chi connectivity index (χ4v) is 3.60. The fourth-order valence-electron chi connectivity index (χ4n) is 2.82. The zero-order chi connectivity index (χ0) is 21.7. The van der Waals surface area contributed by atoms with Crippen LogP contribution in [0.5, 0.6) is 11.5 Å². The molecule has 0 amide bonds. The quantitative estimate of drug-likeness (QED) is 0.139. The summed E-state index contributed by atoms with van der Waals surface area (Å²) < 4.78 is 20.9. The SMILES string of the molecule is CC(=O)Oc1ccc2cc(Br)ccc2c1.O=P([O-])([O-])Oc1cccc2ccccc12.[Na+].[Na+]. The van der Waals surface area contributed by atoms with Gasteiger partial charge in [-0.1, -0.05) is 64.5 Å². The maximum atomic E-state index is 10.8. The average Bonchev–Trinajstić information content (AvgIpc) is 2.67. The Morgan fingerprint density at radius 3 is 2.16 bits per heavy atom. The molecule has 4 rings (SSSR count). The van der Waals surface area contributed by atoms with Crippen LogP contribution in [0.4, 0.5) is 0 Å². The van der Waals surface area contributed by atoms with Gasteiger partial charge in [0, 0.05) is 16.8 Å². The number of benzene rings is 4. The maximum Gasteiger partial charge on any atom is 1.00 e. The largest absolute Gasteiger partial charge is 1.00 e. The summed E-state index contributed by atoms with van der Waals surface area (Å²) in [6.07, 6.45) is 0. The van der Waals surface area contributed by atoms with Crippen molar-refractivity contribution in [1.82, 2.24) is 0 Å². The minimum atomic E-state index is -4.99. The van der Waals surface area contributed by atoms with Crippen molar-refractivity contribution in [3.8, 4) is 11.5 Å². The average molecular weight is 533 g/mol. The second-order valence-corrected chi connectivity index (χ2v) is 8.26. The molecular formula is C22H16BrNa2O6P. The molecule has 0 spiro atoms. The van der Waals surface area contributed by atoms with Gasteiger partial charge in [0.2, 0.25) is 0 Å². The molecule has 0 unspecified atom stereocenters. The summed E-state index contributed by atoms with van der Waals surface area (Å²) in [4.78, 5) is 31.8. The summed E-state index contributed by atoms with van der Waals surface area (Å²) >= 11 is 3.41. The van der Waals surface area contributed by atoms with Crippen LogP contribution < -0.4 is 78.2 Å². The van der Waals surface area contributed by atoms with Gasteiger partial charge in [-0.25, -0.2) is 0 Å². The van der Waals surface area contributed by atoms with Gasteiger partial charge in [-0.05, 0) is 46.5 Å². The van der Waals surface area contributed by atoms with Crippen molar-refractivity contribution in [1.29, 1.82) is 0 Å². The van der Waals surface area contributed by atoms with Crippen molar-refractivity contribution in [3.63, 3.8) is 0 Å². The molecule has 4 aromatic carbocycles. The molecule has 10 heteroatoms. The van der Waals surface area contributed by atoms with Crippen molar-refractivity contribution in [3.05, 3.63) is 83.3 Å². The van der Waals surface area contributed by atoms with Crippen molar-refractivity contribution in [2.45, 2.75) is 6.92 Å². The van der Waals surface area contributed by atoms with Crippen LogP contribution in [-0.4, -0.2) is 5.97 Å². The van der Waals surface area contributed by atoms with Gasteiger partial charge in [0.05, 0.1) is 0 Å².